The first-order valence-electron chi connectivity index (χ1n) is 10.0. The van der Waals surface area contributed by atoms with Crippen molar-refractivity contribution in [1.29, 1.82) is 0 Å². The molecular weight excluding hydrogens is 451 g/mol. The van der Waals surface area contributed by atoms with Crippen LogP contribution in [0.4, 0.5) is 15.9 Å². The zero-order chi connectivity index (χ0) is 23.5. The maximum absolute atomic E-state index is 13.3. The number of benzene rings is 2. The smallest absolute Gasteiger partial charge is 0.280 e. The molecule has 2 aromatic heterocycles. The van der Waals surface area contributed by atoms with Gasteiger partial charge in [-0.25, -0.2) is 14.1 Å². The number of hydrogen-bond acceptors (Lipinski definition) is 7. The van der Waals surface area contributed by atoms with Gasteiger partial charge in [0.15, 0.2) is 11.5 Å². The van der Waals surface area contributed by atoms with Crippen molar-refractivity contribution >= 4 is 29.0 Å². The molecule has 2 aromatic carbocycles. The van der Waals surface area contributed by atoms with E-state index >= 15 is 0 Å². The molecule has 0 bridgehead atoms. The van der Waals surface area contributed by atoms with Crippen molar-refractivity contribution in [2.45, 2.75) is 20.4 Å². The predicted molar refractivity (Wildman–Crippen MR) is 121 cm³/mol. The van der Waals surface area contributed by atoms with Crippen LogP contribution in [0.5, 0.6) is 5.75 Å². The first-order chi connectivity index (χ1) is 15.9. The van der Waals surface area contributed by atoms with Gasteiger partial charge in [-0.15, -0.1) is 5.10 Å². The molecule has 0 aliphatic heterocycles. The quantitative estimate of drug-likeness (QED) is 0.412. The van der Waals surface area contributed by atoms with Crippen molar-refractivity contribution in [2.75, 3.05) is 17.7 Å². The molecule has 0 saturated heterocycles. The number of nitrogens with one attached hydrogen (secondary N) is 1. The second kappa shape index (κ2) is 9.29. The van der Waals surface area contributed by atoms with Crippen LogP contribution in [0, 0.1) is 12.7 Å². The lowest BCUT2D eigenvalue weighted by Gasteiger charge is -2.06. The number of ether oxygens (including phenoxy) is 1. The minimum atomic E-state index is -0.607. The van der Waals surface area contributed by atoms with Gasteiger partial charge in [0.2, 0.25) is 5.89 Å². The number of halogens is 2. The number of aryl methyl sites for hydroxylation is 1. The summed E-state index contributed by atoms with van der Waals surface area (Å²) in [5.41, 5.74) is 7.61. The summed E-state index contributed by atoms with van der Waals surface area (Å²) >= 11 is 5.75. The van der Waals surface area contributed by atoms with Crippen molar-refractivity contribution in [1.82, 2.24) is 20.0 Å². The molecule has 0 atom stereocenters. The lowest BCUT2D eigenvalue weighted by atomic mass is 10.2. The Morgan fingerprint density at radius 1 is 1.30 bits per heavy atom. The molecule has 0 fully saturated rings. The molecule has 11 heteroatoms. The van der Waals surface area contributed by atoms with Crippen LogP contribution >= 0.6 is 11.6 Å². The number of amides is 1. The Bertz CT molecular complexity index is 1320. The lowest BCUT2D eigenvalue weighted by molar-refractivity contribution is 0.102. The second-order valence-corrected chi connectivity index (χ2v) is 7.42. The second-order valence-electron chi connectivity index (χ2n) is 7.02. The van der Waals surface area contributed by atoms with Crippen molar-refractivity contribution in [3.63, 3.8) is 0 Å². The van der Waals surface area contributed by atoms with Gasteiger partial charge in [0.25, 0.3) is 5.91 Å². The zero-order valence-corrected chi connectivity index (χ0v) is 18.6. The summed E-state index contributed by atoms with van der Waals surface area (Å²) in [6.45, 7) is 4.32. The maximum Gasteiger partial charge on any atom is 0.280 e. The van der Waals surface area contributed by atoms with E-state index in [1.807, 2.05) is 31.2 Å². The first kappa shape index (κ1) is 22.3. The van der Waals surface area contributed by atoms with E-state index in [1.54, 1.807) is 6.92 Å². The fraction of sp³-hybridized carbons (Fsp3) is 0.182. The SMILES string of the molecule is CCOc1ccccc1-c1nc(Cn2nnc(C(=O)Nc3ccc(F)c(Cl)c3)c2N)c(C)o1. The van der Waals surface area contributed by atoms with Crippen LogP contribution in [-0.2, 0) is 6.54 Å². The van der Waals surface area contributed by atoms with Gasteiger partial charge in [0, 0.05) is 5.69 Å². The summed E-state index contributed by atoms with van der Waals surface area (Å²) in [4.78, 5) is 17.1. The monoisotopic (exact) mass is 470 g/mol. The van der Waals surface area contributed by atoms with Gasteiger partial charge >= 0.3 is 0 Å². The third-order valence-electron chi connectivity index (χ3n) is 4.78. The van der Waals surface area contributed by atoms with E-state index in [-0.39, 0.29) is 23.1 Å². The van der Waals surface area contributed by atoms with Crippen molar-refractivity contribution < 1.29 is 18.3 Å². The van der Waals surface area contributed by atoms with Gasteiger partial charge in [0.05, 0.1) is 23.7 Å². The topological polar surface area (TPSA) is 121 Å². The van der Waals surface area contributed by atoms with Gasteiger partial charge in [-0.2, -0.15) is 0 Å². The Hall–Kier alpha value is -3.92. The Morgan fingerprint density at radius 3 is 2.85 bits per heavy atom. The molecule has 33 heavy (non-hydrogen) atoms. The molecule has 4 rings (SSSR count). The van der Waals surface area contributed by atoms with Gasteiger partial charge in [0.1, 0.15) is 23.0 Å². The number of nitrogens with two attached hydrogens (primary N) is 1. The van der Waals surface area contributed by atoms with E-state index in [0.29, 0.717) is 35.4 Å². The molecule has 0 spiro atoms. The van der Waals surface area contributed by atoms with Crippen LogP contribution in [0.1, 0.15) is 28.9 Å². The van der Waals surface area contributed by atoms with Gasteiger partial charge in [-0.1, -0.05) is 28.9 Å². The van der Waals surface area contributed by atoms with Crippen molar-refractivity contribution in [2.24, 2.45) is 0 Å². The molecule has 1 amide bonds. The minimum absolute atomic E-state index is 0.0411. The molecule has 2 heterocycles. The number of aromatic nitrogens is 4. The van der Waals surface area contributed by atoms with Crippen LogP contribution in [0.2, 0.25) is 5.02 Å². The largest absolute Gasteiger partial charge is 0.493 e. The minimum Gasteiger partial charge on any atom is -0.493 e. The predicted octanol–water partition coefficient (Wildman–Crippen LogP) is 4.32. The average Bonchev–Trinajstić information content (AvgIpc) is 3.34. The molecule has 9 nitrogen and oxygen atoms in total. The Balaban J connectivity index is 1.54. The molecule has 4 aromatic rings. The summed E-state index contributed by atoms with van der Waals surface area (Å²) in [5.74, 6) is 0.470. The zero-order valence-electron chi connectivity index (χ0n) is 17.8. The van der Waals surface area contributed by atoms with Crippen molar-refractivity contribution in [3.05, 3.63) is 70.5 Å². The molecule has 3 N–H and O–H groups in total. The summed E-state index contributed by atoms with van der Waals surface area (Å²) in [7, 11) is 0. The van der Waals surface area contributed by atoms with Crippen LogP contribution in [-0.4, -0.2) is 32.5 Å². The fourth-order valence-corrected chi connectivity index (χ4v) is 3.30. The van der Waals surface area contributed by atoms with E-state index in [9.17, 15) is 9.18 Å². The molecule has 0 saturated carbocycles. The summed E-state index contributed by atoms with van der Waals surface area (Å²) in [5, 5.41) is 10.3. The maximum atomic E-state index is 13.3. The van der Waals surface area contributed by atoms with Crippen molar-refractivity contribution in [3.8, 4) is 17.2 Å². The molecular formula is C22H20ClFN6O3. The Kier molecular flexibility index (Phi) is 6.27. The Morgan fingerprint density at radius 2 is 2.09 bits per heavy atom. The van der Waals surface area contributed by atoms with Crippen LogP contribution < -0.4 is 15.8 Å². The van der Waals surface area contributed by atoms with Gasteiger partial charge in [-0.05, 0) is 44.2 Å². The fourth-order valence-electron chi connectivity index (χ4n) is 3.12. The summed E-state index contributed by atoms with van der Waals surface area (Å²) in [6, 6.07) is 11.2. The average molecular weight is 471 g/mol. The number of carbonyl (C=O) groups is 1. The highest BCUT2D eigenvalue weighted by molar-refractivity contribution is 6.31. The van der Waals surface area contributed by atoms with E-state index in [4.69, 9.17) is 26.5 Å². The number of nitrogens with zero attached hydrogens (tertiary/aromatic N) is 4. The van der Waals surface area contributed by atoms with Crippen LogP contribution in [0.25, 0.3) is 11.5 Å². The highest BCUT2D eigenvalue weighted by atomic mass is 35.5. The molecule has 0 aliphatic carbocycles. The van der Waals surface area contributed by atoms with Gasteiger partial charge in [-0.3, -0.25) is 4.79 Å². The van der Waals surface area contributed by atoms with E-state index < -0.39 is 11.7 Å². The van der Waals surface area contributed by atoms with E-state index in [2.05, 4.69) is 20.6 Å². The van der Waals surface area contributed by atoms with Crippen LogP contribution in [0.3, 0.4) is 0 Å². The first-order valence-corrected chi connectivity index (χ1v) is 10.4. The number of carbonyl (C=O) groups excluding carboxylic acids is 1. The lowest BCUT2D eigenvalue weighted by Crippen LogP contribution is -2.15. The van der Waals surface area contributed by atoms with E-state index in [0.717, 1.165) is 11.6 Å². The number of rotatable bonds is 7. The number of hydrogen-bond donors (Lipinski definition) is 2. The molecule has 0 radical (unpaired) electrons. The van der Waals surface area contributed by atoms with E-state index in [1.165, 1.54) is 16.8 Å². The highest BCUT2D eigenvalue weighted by Crippen LogP contribution is 2.31. The number of nitrogen functional groups attached to an aromatic ring is 1. The third kappa shape index (κ3) is 4.65. The summed E-state index contributed by atoms with van der Waals surface area (Å²) in [6.07, 6.45) is 0. The third-order valence-corrected chi connectivity index (χ3v) is 5.07. The normalized spacial score (nSPS) is 10.9. The van der Waals surface area contributed by atoms with Crippen LogP contribution in [0.15, 0.2) is 46.9 Å². The molecule has 0 unspecified atom stereocenters. The van der Waals surface area contributed by atoms with Gasteiger partial charge < -0.3 is 20.2 Å². The number of oxazole rings is 1. The highest BCUT2D eigenvalue weighted by Gasteiger charge is 2.21. The molecule has 0 aliphatic rings. The molecule has 170 valence electrons. The number of para-hydroxylation sites is 1. The Labute approximate surface area is 193 Å². The standard InChI is InChI=1S/C22H20ClFN6O3/c1-3-32-18-7-5-4-6-14(18)22-27-17(12(2)33-22)11-30-20(25)19(28-29-30)21(31)26-13-8-9-16(24)15(23)10-13/h4-10H,3,11,25H2,1-2H3,(H,26,31). The number of anilines is 2. The summed E-state index contributed by atoms with van der Waals surface area (Å²) < 4.78 is 26.2.